The molecule has 0 aliphatic carbocycles. The van der Waals surface area contributed by atoms with Crippen molar-refractivity contribution in [3.8, 4) is 11.5 Å². The van der Waals surface area contributed by atoms with Gasteiger partial charge in [-0.25, -0.2) is 9.97 Å². The summed E-state index contributed by atoms with van der Waals surface area (Å²) in [4.78, 5) is 14.1. The molecule has 6 rings (SSSR count). The third-order valence-electron chi connectivity index (χ3n) is 7.87. The molecule has 0 bridgehead atoms. The van der Waals surface area contributed by atoms with Gasteiger partial charge in [-0.05, 0) is 109 Å². The standard InChI is InChI=1S/C34H38N4O/c1-23-12-14-35-32(18-23)37-16-6-8-25-10-11-26(21-30(25)37)39-27-20-29(34(3,4)5)28-9-7-17-38(31(28)22-27)33-19-24(2)13-15-36-33/h10-15,18-22H,6-9,16-17H2,1-5H3. The quantitative estimate of drug-likeness (QED) is 0.271. The molecule has 0 atom stereocenters. The Bertz CT molecular complexity index is 1520. The number of nitrogens with zero attached hydrogens (tertiary/aromatic N) is 4. The van der Waals surface area contributed by atoms with E-state index in [2.05, 4.69) is 97.9 Å². The van der Waals surface area contributed by atoms with Crippen LogP contribution in [0.15, 0.2) is 67.0 Å². The van der Waals surface area contributed by atoms with Crippen molar-refractivity contribution in [1.82, 2.24) is 9.97 Å². The van der Waals surface area contributed by atoms with Gasteiger partial charge < -0.3 is 14.5 Å². The van der Waals surface area contributed by atoms with E-state index in [0.29, 0.717) is 0 Å². The predicted octanol–water partition coefficient (Wildman–Crippen LogP) is 8.35. The molecule has 0 N–H and O–H groups in total. The highest BCUT2D eigenvalue weighted by atomic mass is 16.5. The van der Waals surface area contributed by atoms with Crippen LogP contribution in [-0.2, 0) is 18.3 Å². The van der Waals surface area contributed by atoms with E-state index < -0.39 is 0 Å². The third kappa shape index (κ3) is 5.10. The molecule has 0 saturated carbocycles. The summed E-state index contributed by atoms with van der Waals surface area (Å²) in [5.41, 5.74) is 8.93. The van der Waals surface area contributed by atoms with E-state index in [0.717, 1.165) is 61.9 Å². The lowest BCUT2D eigenvalue weighted by Gasteiger charge is -2.35. The molecule has 0 spiro atoms. The van der Waals surface area contributed by atoms with Crippen molar-refractivity contribution in [2.75, 3.05) is 22.9 Å². The zero-order chi connectivity index (χ0) is 27.1. The molecule has 2 aromatic carbocycles. The summed E-state index contributed by atoms with van der Waals surface area (Å²) in [6.07, 6.45) is 8.18. The van der Waals surface area contributed by atoms with Crippen LogP contribution in [0.2, 0.25) is 0 Å². The Hall–Kier alpha value is -3.86. The summed E-state index contributed by atoms with van der Waals surface area (Å²) in [6.45, 7) is 13.0. The Morgan fingerprint density at radius 3 is 1.95 bits per heavy atom. The second-order valence-corrected chi connectivity index (χ2v) is 12.0. The van der Waals surface area contributed by atoms with E-state index in [1.807, 2.05) is 18.5 Å². The van der Waals surface area contributed by atoms with Crippen LogP contribution in [0.25, 0.3) is 0 Å². The monoisotopic (exact) mass is 518 g/mol. The van der Waals surface area contributed by atoms with Crippen LogP contribution < -0.4 is 14.5 Å². The van der Waals surface area contributed by atoms with Crippen molar-refractivity contribution in [3.05, 3.63) is 94.8 Å². The fourth-order valence-electron chi connectivity index (χ4n) is 5.96. The van der Waals surface area contributed by atoms with Gasteiger partial charge in [0.05, 0.1) is 0 Å². The number of hydrogen-bond acceptors (Lipinski definition) is 5. The summed E-state index contributed by atoms with van der Waals surface area (Å²) >= 11 is 0. The number of aromatic nitrogens is 2. The zero-order valence-electron chi connectivity index (χ0n) is 23.8. The van der Waals surface area contributed by atoms with Crippen LogP contribution >= 0.6 is 0 Å². The molecule has 4 aromatic rings. The number of pyridine rings is 2. The molecule has 0 fully saturated rings. The van der Waals surface area contributed by atoms with Gasteiger partial charge in [0, 0.05) is 49.0 Å². The molecule has 2 aromatic heterocycles. The van der Waals surface area contributed by atoms with Crippen molar-refractivity contribution in [3.63, 3.8) is 0 Å². The number of fused-ring (bicyclic) bond motifs is 2. The molecule has 0 unspecified atom stereocenters. The smallest absolute Gasteiger partial charge is 0.133 e. The molecule has 0 saturated heterocycles. The Morgan fingerprint density at radius 2 is 1.31 bits per heavy atom. The molecule has 5 heteroatoms. The molecule has 2 aliphatic rings. The number of rotatable bonds is 4. The first-order valence-electron chi connectivity index (χ1n) is 14.1. The Labute approximate surface area is 232 Å². The topological polar surface area (TPSA) is 41.5 Å². The van der Waals surface area contributed by atoms with Gasteiger partial charge >= 0.3 is 0 Å². The van der Waals surface area contributed by atoms with E-state index >= 15 is 0 Å². The minimum atomic E-state index is -0.00398. The van der Waals surface area contributed by atoms with Gasteiger partial charge in [0.2, 0.25) is 0 Å². The van der Waals surface area contributed by atoms with Crippen molar-refractivity contribution in [2.24, 2.45) is 0 Å². The molecule has 200 valence electrons. The number of hydrogen-bond donors (Lipinski definition) is 0. The van der Waals surface area contributed by atoms with Crippen LogP contribution in [-0.4, -0.2) is 23.1 Å². The number of ether oxygens (including phenoxy) is 1. The first kappa shape index (κ1) is 25.4. The first-order chi connectivity index (χ1) is 18.8. The Kier molecular flexibility index (Phi) is 6.54. The van der Waals surface area contributed by atoms with Crippen LogP contribution in [0.4, 0.5) is 23.0 Å². The number of anilines is 4. The second kappa shape index (κ2) is 10.0. The summed E-state index contributed by atoms with van der Waals surface area (Å²) in [6, 6.07) is 19.4. The highest BCUT2D eigenvalue weighted by molar-refractivity contribution is 5.71. The lowest BCUT2D eigenvalue weighted by atomic mass is 9.80. The fourth-order valence-corrected chi connectivity index (χ4v) is 5.96. The SMILES string of the molecule is Cc1ccnc(N2CCCc3ccc(Oc4cc5c(c(C(C)(C)C)c4)CCCN5c4cc(C)ccn4)cc32)c1. The molecular weight excluding hydrogens is 480 g/mol. The summed E-state index contributed by atoms with van der Waals surface area (Å²) in [5, 5.41) is 0. The molecule has 5 nitrogen and oxygen atoms in total. The van der Waals surface area contributed by atoms with E-state index in [-0.39, 0.29) is 5.41 Å². The maximum absolute atomic E-state index is 6.67. The van der Waals surface area contributed by atoms with Gasteiger partial charge in [0.25, 0.3) is 0 Å². The predicted molar refractivity (Wildman–Crippen MR) is 160 cm³/mol. The Balaban J connectivity index is 1.40. The van der Waals surface area contributed by atoms with Gasteiger partial charge in [-0.1, -0.05) is 26.8 Å². The van der Waals surface area contributed by atoms with Crippen molar-refractivity contribution < 1.29 is 4.74 Å². The van der Waals surface area contributed by atoms with E-state index in [1.165, 1.54) is 39.2 Å². The highest BCUT2D eigenvalue weighted by Gasteiger charge is 2.28. The minimum absolute atomic E-state index is 0.00398. The maximum Gasteiger partial charge on any atom is 0.133 e. The highest BCUT2D eigenvalue weighted by Crippen LogP contribution is 2.43. The molecule has 39 heavy (non-hydrogen) atoms. The average Bonchev–Trinajstić information content (AvgIpc) is 2.91. The van der Waals surface area contributed by atoms with Gasteiger partial charge in [0.1, 0.15) is 23.1 Å². The molecule has 2 aliphatic heterocycles. The van der Waals surface area contributed by atoms with Gasteiger partial charge in [-0.3, -0.25) is 0 Å². The number of benzene rings is 2. The lowest BCUT2D eigenvalue weighted by Crippen LogP contribution is -2.28. The normalized spacial score (nSPS) is 15.1. The molecule has 0 amide bonds. The third-order valence-corrected chi connectivity index (χ3v) is 7.87. The molecule has 0 radical (unpaired) electrons. The van der Waals surface area contributed by atoms with Crippen LogP contribution in [0.1, 0.15) is 61.4 Å². The number of aryl methyl sites for hydroxylation is 3. The summed E-state index contributed by atoms with van der Waals surface area (Å²) in [5.74, 6) is 3.72. The Morgan fingerprint density at radius 1 is 0.692 bits per heavy atom. The first-order valence-corrected chi connectivity index (χ1v) is 14.1. The molecular formula is C34H38N4O. The van der Waals surface area contributed by atoms with E-state index in [1.54, 1.807) is 0 Å². The van der Waals surface area contributed by atoms with Crippen LogP contribution in [0, 0.1) is 13.8 Å². The van der Waals surface area contributed by atoms with Crippen molar-refractivity contribution in [2.45, 2.75) is 65.7 Å². The lowest BCUT2D eigenvalue weighted by molar-refractivity contribution is 0.476. The van der Waals surface area contributed by atoms with Crippen molar-refractivity contribution >= 4 is 23.0 Å². The van der Waals surface area contributed by atoms with Gasteiger partial charge in [-0.15, -0.1) is 0 Å². The summed E-state index contributed by atoms with van der Waals surface area (Å²) < 4.78 is 6.67. The van der Waals surface area contributed by atoms with Gasteiger partial charge in [0.15, 0.2) is 0 Å². The largest absolute Gasteiger partial charge is 0.457 e. The van der Waals surface area contributed by atoms with E-state index in [9.17, 15) is 0 Å². The second-order valence-electron chi connectivity index (χ2n) is 12.0. The minimum Gasteiger partial charge on any atom is -0.457 e. The molecule has 4 heterocycles. The van der Waals surface area contributed by atoms with Crippen molar-refractivity contribution in [1.29, 1.82) is 0 Å². The fraction of sp³-hybridized carbons (Fsp3) is 0.353. The van der Waals surface area contributed by atoms with Crippen LogP contribution in [0.5, 0.6) is 11.5 Å². The zero-order valence-corrected chi connectivity index (χ0v) is 23.8. The van der Waals surface area contributed by atoms with E-state index in [4.69, 9.17) is 9.72 Å². The average molecular weight is 519 g/mol. The maximum atomic E-state index is 6.67. The van der Waals surface area contributed by atoms with Crippen LogP contribution in [0.3, 0.4) is 0 Å². The summed E-state index contributed by atoms with van der Waals surface area (Å²) in [7, 11) is 0. The van der Waals surface area contributed by atoms with Gasteiger partial charge in [-0.2, -0.15) is 0 Å².